The van der Waals surface area contributed by atoms with Gasteiger partial charge in [0.1, 0.15) is 5.78 Å². The Bertz CT molecular complexity index is 301. The minimum Gasteiger partial charge on any atom is -0.325 e. The highest BCUT2D eigenvalue weighted by Gasteiger charge is 2.67. The Balaban J connectivity index is 2.09. The van der Waals surface area contributed by atoms with Crippen LogP contribution in [0.4, 0.5) is 0 Å². The highest BCUT2D eigenvalue weighted by atomic mass is 16.1. The Morgan fingerprint density at radius 2 is 2.14 bits per heavy atom. The smallest absolute Gasteiger partial charge is 0.136 e. The number of Topliss-reactive ketones (excluding diaryl/α,β-unsaturated/α-hetero) is 1. The minimum atomic E-state index is 0.0208. The molecule has 3 aliphatic rings. The monoisotopic (exact) mass is 193 g/mol. The molecular weight excluding hydrogens is 174 g/mol. The highest BCUT2D eigenvalue weighted by Crippen LogP contribution is 2.67. The molecule has 14 heavy (non-hydrogen) atoms. The van der Waals surface area contributed by atoms with Crippen LogP contribution in [0.3, 0.4) is 0 Å². The second-order valence-corrected chi connectivity index (χ2v) is 5.71. The van der Waals surface area contributed by atoms with Crippen molar-refractivity contribution in [1.29, 1.82) is 0 Å². The van der Waals surface area contributed by atoms with Crippen molar-refractivity contribution in [1.82, 2.24) is 0 Å². The van der Waals surface area contributed by atoms with Crippen molar-refractivity contribution in [3.05, 3.63) is 0 Å². The molecule has 0 amide bonds. The van der Waals surface area contributed by atoms with Crippen molar-refractivity contribution < 1.29 is 4.79 Å². The second kappa shape index (κ2) is 2.41. The molecule has 3 aliphatic carbocycles. The third-order valence-electron chi connectivity index (χ3n) is 5.37. The van der Waals surface area contributed by atoms with Gasteiger partial charge < -0.3 is 5.73 Å². The molecule has 0 heterocycles. The van der Waals surface area contributed by atoms with Gasteiger partial charge in [0.25, 0.3) is 0 Å². The summed E-state index contributed by atoms with van der Waals surface area (Å²) in [6.45, 7) is 1.79. The van der Waals surface area contributed by atoms with Crippen LogP contribution in [0.5, 0.6) is 0 Å². The topological polar surface area (TPSA) is 43.1 Å². The normalized spacial score (nSPS) is 55.0. The molecular formula is C12H19NO. The van der Waals surface area contributed by atoms with Crippen LogP contribution in [0, 0.1) is 17.3 Å². The maximum atomic E-state index is 11.9. The summed E-state index contributed by atoms with van der Waals surface area (Å²) in [5, 5.41) is 0. The predicted molar refractivity (Wildman–Crippen MR) is 54.7 cm³/mol. The van der Waals surface area contributed by atoms with Crippen molar-refractivity contribution in [3.63, 3.8) is 0 Å². The Kier molecular flexibility index (Phi) is 1.53. The summed E-state index contributed by atoms with van der Waals surface area (Å²) >= 11 is 0. The lowest BCUT2D eigenvalue weighted by molar-refractivity contribution is -0.131. The zero-order valence-corrected chi connectivity index (χ0v) is 8.88. The molecule has 3 fully saturated rings. The second-order valence-electron chi connectivity index (χ2n) is 5.71. The summed E-state index contributed by atoms with van der Waals surface area (Å²) in [5.41, 5.74) is 6.51. The van der Waals surface area contributed by atoms with Crippen LogP contribution < -0.4 is 5.73 Å². The van der Waals surface area contributed by atoms with Crippen molar-refractivity contribution in [2.45, 2.75) is 51.0 Å². The molecule has 0 aromatic heterocycles. The predicted octanol–water partition coefficient (Wildman–Crippen LogP) is 1.87. The minimum absolute atomic E-state index is 0.0208. The Hall–Kier alpha value is -0.370. The first kappa shape index (κ1) is 8.90. The van der Waals surface area contributed by atoms with Crippen LogP contribution >= 0.6 is 0 Å². The van der Waals surface area contributed by atoms with E-state index >= 15 is 0 Å². The molecule has 0 aliphatic heterocycles. The van der Waals surface area contributed by atoms with Crippen molar-refractivity contribution in [2.75, 3.05) is 0 Å². The molecule has 3 saturated carbocycles. The average Bonchev–Trinajstić information content (AvgIpc) is 2.70. The van der Waals surface area contributed by atoms with E-state index in [0.29, 0.717) is 17.6 Å². The summed E-state index contributed by atoms with van der Waals surface area (Å²) in [5.74, 6) is 1.57. The van der Waals surface area contributed by atoms with Gasteiger partial charge in [0.2, 0.25) is 0 Å². The molecule has 0 radical (unpaired) electrons. The lowest BCUT2D eigenvalue weighted by atomic mass is 9.64. The third kappa shape index (κ3) is 0.758. The molecule has 2 bridgehead atoms. The number of carbonyl (C=O) groups excluding carboxylic acids is 1. The Morgan fingerprint density at radius 3 is 2.79 bits per heavy atom. The van der Waals surface area contributed by atoms with Gasteiger partial charge in [0, 0.05) is 11.0 Å². The number of ketones is 1. The molecule has 2 N–H and O–H groups in total. The third-order valence-corrected chi connectivity index (χ3v) is 5.37. The summed E-state index contributed by atoms with van der Waals surface area (Å²) in [7, 11) is 0. The number of hydrogen-bond donors (Lipinski definition) is 1. The maximum Gasteiger partial charge on any atom is 0.136 e. The molecule has 78 valence electrons. The number of carbonyl (C=O) groups is 1. The molecule has 2 nitrogen and oxygen atoms in total. The highest BCUT2D eigenvalue weighted by molar-refractivity contribution is 5.84. The van der Waals surface area contributed by atoms with Crippen LogP contribution in [-0.4, -0.2) is 11.3 Å². The standard InChI is InChI=1S/C12H19NO/c1-8(14)12-5-2-3-10(12)11(13)6-4-9(12)7-11/h9-10H,2-7,13H2,1H3. The number of rotatable bonds is 1. The Labute approximate surface area is 85.2 Å². The zero-order valence-electron chi connectivity index (χ0n) is 8.88. The van der Waals surface area contributed by atoms with Gasteiger partial charge in [-0.05, 0) is 50.9 Å². The van der Waals surface area contributed by atoms with E-state index < -0.39 is 0 Å². The average molecular weight is 193 g/mol. The molecule has 0 saturated heterocycles. The molecule has 2 heteroatoms. The van der Waals surface area contributed by atoms with E-state index in [4.69, 9.17) is 5.73 Å². The van der Waals surface area contributed by atoms with E-state index in [1.165, 1.54) is 19.3 Å². The number of hydrogen-bond acceptors (Lipinski definition) is 2. The van der Waals surface area contributed by atoms with Crippen LogP contribution in [0.15, 0.2) is 0 Å². The van der Waals surface area contributed by atoms with E-state index in [1.807, 2.05) is 0 Å². The SMILES string of the molecule is CC(=O)C12CCCC1C1(N)CCC2C1. The number of nitrogens with two attached hydrogens (primary N) is 1. The van der Waals surface area contributed by atoms with E-state index in [0.717, 1.165) is 19.3 Å². The van der Waals surface area contributed by atoms with Gasteiger partial charge in [-0.2, -0.15) is 0 Å². The maximum absolute atomic E-state index is 11.9. The van der Waals surface area contributed by atoms with E-state index in [9.17, 15) is 4.79 Å². The zero-order chi connectivity index (χ0) is 9.97. The van der Waals surface area contributed by atoms with Gasteiger partial charge in [0.05, 0.1) is 0 Å². The van der Waals surface area contributed by atoms with Crippen molar-refractivity contribution in [3.8, 4) is 0 Å². The van der Waals surface area contributed by atoms with Crippen LogP contribution in [-0.2, 0) is 4.79 Å². The summed E-state index contributed by atoms with van der Waals surface area (Å²) < 4.78 is 0. The first-order valence-corrected chi connectivity index (χ1v) is 5.89. The molecule has 0 spiro atoms. The summed E-state index contributed by atoms with van der Waals surface area (Å²) in [6.07, 6.45) is 7.03. The fraction of sp³-hybridized carbons (Fsp3) is 0.917. The molecule has 0 aromatic rings. The van der Waals surface area contributed by atoms with E-state index in [1.54, 1.807) is 6.92 Å². The van der Waals surface area contributed by atoms with Gasteiger partial charge in [-0.15, -0.1) is 0 Å². The molecule has 4 unspecified atom stereocenters. The lowest BCUT2D eigenvalue weighted by Crippen LogP contribution is -2.49. The summed E-state index contributed by atoms with van der Waals surface area (Å²) in [4.78, 5) is 11.9. The van der Waals surface area contributed by atoms with Gasteiger partial charge in [-0.3, -0.25) is 4.79 Å². The quantitative estimate of drug-likeness (QED) is 0.691. The van der Waals surface area contributed by atoms with Gasteiger partial charge >= 0.3 is 0 Å². The fourth-order valence-electron chi connectivity index (χ4n) is 4.89. The van der Waals surface area contributed by atoms with Crippen LogP contribution in [0.25, 0.3) is 0 Å². The van der Waals surface area contributed by atoms with Gasteiger partial charge in [0.15, 0.2) is 0 Å². The molecule has 3 rings (SSSR count). The van der Waals surface area contributed by atoms with Gasteiger partial charge in [-0.1, -0.05) is 6.42 Å². The first-order chi connectivity index (χ1) is 6.59. The van der Waals surface area contributed by atoms with Crippen LogP contribution in [0.1, 0.15) is 45.4 Å². The fourth-order valence-corrected chi connectivity index (χ4v) is 4.89. The van der Waals surface area contributed by atoms with Crippen molar-refractivity contribution >= 4 is 5.78 Å². The summed E-state index contributed by atoms with van der Waals surface area (Å²) in [6, 6.07) is 0. The largest absolute Gasteiger partial charge is 0.325 e. The molecule has 4 atom stereocenters. The van der Waals surface area contributed by atoms with Gasteiger partial charge in [-0.25, -0.2) is 0 Å². The van der Waals surface area contributed by atoms with E-state index in [2.05, 4.69) is 0 Å². The number of fused-ring (bicyclic) bond motifs is 5. The first-order valence-electron chi connectivity index (χ1n) is 5.89. The van der Waals surface area contributed by atoms with Crippen LogP contribution in [0.2, 0.25) is 0 Å². The lowest BCUT2D eigenvalue weighted by Gasteiger charge is -2.40. The van der Waals surface area contributed by atoms with Crippen molar-refractivity contribution in [2.24, 2.45) is 23.0 Å². The Morgan fingerprint density at radius 1 is 1.36 bits per heavy atom. The molecule has 0 aromatic carbocycles. The van der Waals surface area contributed by atoms with E-state index in [-0.39, 0.29) is 11.0 Å².